The molecule has 0 aromatic rings. The van der Waals surface area contributed by atoms with Crippen LogP contribution in [0.5, 0.6) is 0 Å². The quantitative estimate of drug-likeness (QED) is 0.365. The largest absolute Gasteiger partial charge is 0.469 e. The van der Waals surface area contributed by atoms with Crippen LogP contribution in [0.1, 0.15) is 12.8 Å². The number of carbonyl (C=O) groups excluding carboxylic acids is 2. The van der Waals surface area contributed by atoms with E-state index in [-0.39, 0.29) is 11.3 Å². The monoisotopic (exact) mass is 188 g/mol. The summed E-state index contributed by atoms with van der Waals surface area (Å²) in [6, 6.07) is 0. The minimum atomic E-state index is -0.531. The van der Waals surface area contributed by atoms with Crippen molar-refractivity contribution in [2.45, 2.75) is 18.2 Å². The minimum Gasteiger partial charge on any atom is -0.469 e. The fraction of sp³-hybridized carbons (Fsp3) is 0.750. The molecular weight excluding hydrogens is 180 g/mol. The number of alkyl halides is 1. The van der Waals surface area contributed by atoms with E-state index in [1.165, 1.54) is 7.11 Å². The molecule has 3 aliphatic rings. The number of methoxy groups -OCH3 is 1. The zero-order valence-corrected chi connectivity index (χ0v) is 7.43. The van der Waals surface area contributed by atoms with E-state index >= 15 is 0 Å². The average Bonchev–Trinajstić information content (AvgIpc) is 2.02. The van der Waals surface area contributed by atoms with Gasteiger partial charge in [0.05, 0.1) is 17.9 Å². The third-order valence-corrected chi connectivity index (χ3v) is 3.96. The van der Waals surface area contributed by atoms with Gasteiger partial charge >= 0.3 is 5.97 Å². The molecule has 0 aromatic carbocycles. The lowest BCUT2D eigenvalue weighted by Crippen LogP contribution is -2.75. The van der Waals surface area contributed by atoms with Crippen molar-refractivity contribution >= 4 is 23.9 Å². The zero-order valence-electron chi connectivity index (χ0n) is 6.67. The summed E-state index contributed by atoms with van der Waals surface area (Å²) in [5.74, 6) is -0.272. The van der Waals surface area contributed by atoms with Crippen molar-refractivity contribution in [3.63, 3.8) is 0 Å². The van der Waals surface area contributed by atoms with Crippen LogP contribution in [0.15, 0.2) is 0 Å². The smallest absolute Gasteiger partial charge is 0.313 e. The molecule has 3 nitrogen and oxygen atoms in total. The molecule has 4 heteroatoms. The second-order valence-electron chi connectivity index (χ2n) is 3.71. The van der Waals surface area contributed by atoms with E-state index in [0.29, 0.717) is 12.8 Å². The molecule has 1 unspecified atom stereocenters. The third kappa shape index (κ3) is 0.565. The molecule has 12 heavy (non-hydrogen) atoms. The van der Waals surface area contributed by atoms with Gasteiger partial charge in [0.25, 0.3) is 0 Å². The van der Waals surface area contributed by atoms with Crippen molar-refractivity contribution in [1.82, 2.24) is 0 Å². The van der Waals surface area contributed by atoms with Crippen molar-refractivity contribution in [1.29, 1.82) is 0 Å². The highest BCUT2D eigenvalue weighted by Crippen LogP contribution is 2.74. The van der Waals surface area contributed by atoms with Crippen molar-refractivity contribution in [3.8, 4) is 0 Å². The van der Waals surface area contributed by atoms with Crippen LogP contribution < -0.4 is 0 Å². The maximum Gasteiger partial charge on any atom is 0.313 e. The molecule has 1 atom stereocenters. The van der Waals surface area contributed by atoms with Crippen molar-refractivity contribution in [2.24, 2.45) is 10.8 Å². The molecule has 0 heterocycles. The van der Waals surface area contributed by atoms with Crippen molar-refractivity contribution < 1.29 is 14.3 Å². The Balaban J connectivity index is 2.15. The second kappa shape index (κ2) is 2.02. The zero-order chi connectivity index (χ0) is 8.98. The molecule has 3 rings (SSSR count). The van der Waals surface area contributed by atoms with Gasteiger partial charge in [0.2, 0.25) is 0 Å². The average molecular weight is 189 g/mol. The molecule has 3 fully saturated rings. The predicted molar refractivity (Wildman–Crippen MR) is 41.8 cm³/mol. The molecule has 2 bridgehead atoms. The van der Waals surface area contributed by atoms with Gasteiger partial charge in [-0.05, 0) is 12.8 Å². The van der Waals surface area contributed by atoms with Gasteiger partial charge < -0.3 is 9.53 Å². The number of halogens is 1. The first-order chi connectivity index (χ1) is 5.61. The van der Waals surface area contributed by atoms with Crippen LogP contribution in [0.2, 0.25) is 0 Å². The Bertz CT molecular complexity index is 255. The van der Waals surface area contributed by atoms with Crippen LogP contribution in [0.4, 0.5) is 0 Å². The van der Waals surface area contributed by atoms with Crippen LogP contribution in [0.3, 0.4) is 0 Å². The van der Waals surface area contributed by atoms with Crippen molar-refractivity contribution in [2.75, 3.05) is 7.11 Å². The first kappa shape index (κ1) is 8.05. The SMILES string of the molecule is COC(=O)C12CC(C=O)(C1)C2Cl. The number of esters is 1. The highest BCUT2D eigenvalue weighted by Gasteiger charge is 2.79. The summed E-state index contributed by atoms with van der Waals surface area (Å²) in [5.41, 5.74) is -0.938. The summed E-state index contributed by atoms with van der Waals surface area (Å²) in [6.07, 6.45) is 2.02. The van der Waals surface area contributed by atoms with Crippen LogP contribution >= 0.6 is 11.6 Å². The van der Waals surface area contributed by atoms with Gasteiger partial charge in [-0.1, -0.05) is 0 Å². The van der Waals surface area contributed by atoms with Crippen molar-refractivity contribution in [3.05, 3.63) is 0 Å². The second-order valence-corrected chi connectivity index (χ2v) is 4.15. The van der Waals surface area contributed by atoms with E-state index in [4.69, 9.17) is 11.6 Å². The van der Waals surface area contributed by atoms with E-state index < -0.39 is 10.8 Å². The lowest BCUT2D eigenvalue weighted by Gasteiger charge is -2.69. The molecule has 0 saturated heterocycles. The van der Waals surface area contributed by atoms with Gasteiger partial charge in [-0.2, -0.15) is 0 Å². The van der Waals surface area contributed by atoms with Gasteiger partial charge in [-0.25, -0.2) is 0 Å². The number of aldehydes is 1. The van der Waals surface area contributed by atoms with Gasteiger partial charge in [-0.3, -0.25) is 4.79 Å². The number of ether oxygens (including phenoxy) is 1. The van der Waals surface area contributed by atoms with E-state index in [9.17, 15) is 9.59 Å². The number of hydrogen-bond acceptors (Lipinski definition) is 3. The third-order valence-electron chi connectivity index (χ3n) is 3.11. The van der Waals surface area contributed by atoms with Gasteiger partial charge in [0, 0.05) is 5.41 Å². The standard InChI is InChI=1S/C8H9ClO3/c1-12-6(11)8-2-7(3-8,4-10)5(8)9/h4-5H,2-3H2,1H3. The van der Waals surface area contributed by atoms with E-state index in [1.807, 2.05) is 0 Å². The summed E-state index contributed by atoms with van der Waals surface area (Å²) < 4.78 is 4.62. The summed E-state index contributed by atoms with van der Waals surface area (Å²) >= 11 is 5.90. The first-order valence-corrected chi connectivity index (χ1v) is 4.24. The fourth-order valence-corrected chi connectivity index (χ4v) is 2.81. The predicted octanol–water partition coefficient (Wildman–Crippen LogP) is 0.746. The van der Waals surface area contributed by atoms with E-state index in [2.05, 4.69) is 4.74 Å². The van der Waals surface area contributed by atoms with Gasteiger partial charge in [-0.15, -0.1) is 11.6 Å². The van der Waals surface area contributed by atoms with Gasteiger partial charge in [0.15, 0.2) is 0 Å². The number of hydrogen-bond donors (Lipinski definition) is 0. The Kier molecular flexibility index (Phi) is 1.35. The normalized spacial score (nSPS) is 48.7. The number of carbonyl (C=O) groups is 2. The summed E-state index contributed by atoms with van der Waals surface area (Å²) in [5, 5.41) is -0.338. The molecule has 0 N–H and O–H groups in total. The highest BCUT2D eigenvalue weighted by atomic mass is 35.5. The molecule has 0 spiro atoms. The van der Waals surface area contributed by atoms with Crippen LogP contribution in [0.25, 0.3) is 0 Å². The molecule has 3 saturated carbocycles. The molecular formula is C8H9ClO3. The van der Waals surface area contributed by atoms with Crippen LogP contribution in [0, 0.1) is 10.8 Å². The molecule has 66 valence electrons. The fourth-order valence-electron chi connectivity index (χ4n) is 2.36. The Labute approximate surface area is 75.0 Å². The summed E-state index contributed by atoms with van der Waals surface area (Å²) in [6.45, 7) is 0. The topological polar surface area (TPSA) is 43.4 Å². The summed E-state index contributed by atoms with van der Waals surface area (Å²) in [7, 11) is 1.35. The maximum atomic E-state index is 11.2. The Morgan fingerprint density at radius 1 is 1.67 bits per heavy atom. The molecule has 0 aromatic heterocycles. The van der Waals surface area contributed by atoms with Crippen LogP contribution in [-0.4, -0.2) is 24.7 Å². The van der Waals surface area contributed by atoms with E-state index in [0.717, 1.165) is 6.29 Å². The molecule has 0 aliphatic heterocycles. The minimum absolute atomic E-state index is 0.272. The summed E-state index contributed by atoms with van der Waals surface area (Å²) in [4.78, 5) is 21.8. The lowest BCUT2D eigenvalue weighted by atomic mass is 9.35. The molecule has 3 aliphatic carbocycles. The Morgan fingerprint density at radius 3 is 2.58 bits per heavy atom. The number of rotatable bonds is 2. The maximum absolute atomic E-state index is 11.2. The van der Waals surface area contributed by atoms with Crippen LogP contribution in [-0.2, 0) is 14.3 Å². The highest BCUT2D eigenvalue weighted by molar-refractivity contribution is 6.27. The Morgan fingerprint density at radius 2 is 2.25 bits per heavy atom. The molecule has 0 amide bonds. The lowest BCUT2D eigenvalue weighted by molar-refractivity contribution is -0.211. The first-order valence-electron chi connectivity index (χ1n) is 3.80. The Hall–Kier alpha value is -0.570. The van der Waals surface area contributed by atoms with Gasteiger partial charge in [0.1, 0.15) is 6.29 Å². The van der Waals surface area contributed by atoms with E-state index in [1.54, 1.807) is 0 Å². The molecule has 0 radical (unpaired) electrons.